The van der Waals surface area contributed by atoms with E-state index in [2.05, 4.69) is 11.5 Å². The lowest BCUT2D eigenvalue weighted by molar-refractivity contribution is 0.184. The van der Waals surface area contributed by atoms with E-state index in [1.54, 1.807) is 0 Å². The lowest BCUT2D eigenvalue weighted by atomic mass is 10.8. The van der Waals surface area contributed by atoms with Crippen molar-refractivity contribution in [2.45, 2.75) is 0 Å². The summed E-state index contributed by atoms with van der Waals surface area (Å²) in [5, 5.41) is 15.6. The van der Waals surface area contributed by atoms with Crippen molar-refractivity contribution in [3.8, 4) is 0 Å². The fourth-order valence-electron chi connectivity index (χ4n) is 0. The Bertz CT molecular complexity index is 59.6. The lowest BCUT2D eigenvalue weighted by Gasteiger charge is -1.86. The maximum atomic E-state index is 7.81. The van der Waals surface area contributed by atoms with Gasteiger partial charge in [0.2, 0.25) is 0 Å². The van der Waals surface area contributed by atoms with Crippen molar-refractivity contribution in [3.05, 3.63) is 11.8 Å². The van der Waals surface area contributed by atoms with Crippen molar-refractivity contribution in [1.82, 2.24) is 0 Å². The molecule has 36 valence electrons. The molecule has 0 radical (unpaired) electrons. The van der Waals surface area contributed by atoms with E-state index in [0.717, 1.165) is 0 Å². The molecule has 0 aliphatic heterocycles. The fourth-order valence-corrected chi connectivity index (χ4v) is 0. The summed E-state index contributed by atoms with van der Waals surface area (Å²) in [6.07, 6.45) is 0. The van der Waals surface area contributed by atoms with Crippen LogP contribution in [-0.2, 0) is 0 Å². The van der Waals surface area contributed by atoms with E-state index in [4.69, 9.17) is 10.2 Å². The molecule has 0 heterocycles. The third-order valence-corrected chi connectivity index (χ3v) is 0.258. The topological polar surface area (TPSA) is 92.5 Å². The van der Waals surface area contributed by atoms with Crippen LogP contribution in [0, 0.1) is 0 Å². The van der Waals surface area contributed by atoms with Gasteiger partial charge < -0.3 is 21.7 Å². The molecular formula is C2H6N2O2. The van der Waals surface area contributed by atoms with Crippen LogP contribution in [0.3, 0.4) is 0 Å². The summed E-state index contributed by atoms with van der Waals surface area (Å²) in [4.78, 5) is 0. The van der Waals surface area contributed by atoms with E-state index < -0.39 is 11.8 Å². The predicted octanol–water partition coefficient (Wildman–Crippen LogP) is -0.854. The smallest absolute Gasteiger partial charge is 0.315 e. The molecule has 0 aromatic rings. The van der Waals surface area contributed by atoms with Crippen LogP contribution in [0.25, 0.3) is 0 Å². The Hall–Kier alpha value is -1.06. The van der Waals surface area contributed by atoms with Crippen LogP contribution in [0.2, 0.25) is 0 Å². The minimum absolute atomic E-state index is 0.463. The molecule has 0 unspecified atom stereocenters. The second kappa shape index (κ2) is 1.40. The summed E-state index contributed by atoms with van der Waals surface area (Å²) in [5.41, 5.74) is 9.19. The fraction of sp³-hybridized carbons (Fsp3) is 0. The Morgan fingerprint density at radius 3 is 1.33 bits per heavy atom. The first-order chi connectivity index (χ1) is 2.64. The molecule has 0 bridgehead atoms. The molecule has 0 aliphatic carbocycles. The van der Waals surface area contributed by atoms with Gasteiger partial charge in [-0.05, 0) is 0 Å². The van der Waals surface area contributed by atoms with Crippen molar-refractivity contribution >= 4 is 0 Å². The lowest BCUT2D eigenvalue weighted by Crippen LogP contribution is -2.11. The number of rotatable bonds is 0. The largest absolute Gasteiger partial charge is 0.478 e. The van der Waals surface area contributed by atoms with Crippen LogP contribution in [0.1, 0.15) is 0 Å². The molecule has 6 heavy (non-hydrogen) atoms. The SMILES string of the molecule is NC(N)=C(O)O. The van der Waals surface area contributed by atoms with E-state index in [1.165, 1.54) is 0 Å². The van der Waals surface area contributed by atoms with Crippen LogP contribution < -0.4 is 11.5 Å². The molecule has 0 saturated heterocycles. The highest BCUT2D eigenvalue weighted by atomic mass is 16.5. The maximum Gasteiger partial charge on any atom is 0.315 e. The van der Waals surface area contributed by atoms with Crippen LogP contribution in [0.15, 0.2) is 11.8 Å². The molecule has 4 nitrogen and oxygen atoms in total. The molecule has 4 heteroatoms. The molecule has 0 fully saturated rings. The normalized spacial score (nSPS) is 7.33. The summed E-state index contributed by atoms with van der Waals surface area (Å²) in [5.74, 6) is -1.48. The Labute approximate surface area is 34.7 Å². The van der Waals surface area contributed by atoms with Crippen molar-refractivity contribution in [2.75, 3.05) is 0 Å². The molecule has 0 spiro atoms. The minimum atomic E-state index is -1.02. The molecule has 0 aromatic carbocycles. The van der Waals surface area contributed by atoms with Gasteiger partial charge in [-0.15, -0.1) is 0 Å². The Kier molecular flexibility index (Phi) is 1.15. The van der Waals surface area contributed by atoms with Gasteiger partial charge in [0.25, 0.3) is 0 Å². The van der Waals surface area contributed by atoms with Crippen molar-refractivity contribution in [1.29, 1.82) is 0 Å². The zero-order valence-corrected chi connectivity index (χ0v) is 3.05. The minimum Gasteiger partial charge on any atom is -0.478 e. The highest BCUT2D eigenvalue weighted by Crippen LogP contribution is 1.73. The molecule has 6 N–H and O–H groups in total. The van der Waals surface area contributed by atoms with E-state index >= 15 is 0 Å². The number of hydrogen-bond acceptors (Lipinski definition) is 4. The average Bonchev–Trinajstić information content (AvgIpc) is 1.36. The van der Waals surface area contributed by atoms with Gasteiger partial charge >= 0.3 is 5.95 Å². The first-order valence-electron chi connectivity index (χ1n) is 1.27. The molecule has 0 rings (SSSR count). The monoisotopic (exact) mass is 90.0 g/mol. The van der Waals surface area contributed by atoms with E-state index in [1.807, 2.05) is 0 Å². The first kappa shape index (κ1) is 4.94. The van der Waals surface area contributed by atoms with Crippen LogP contribution in [0.5, 0.6) is 0 Å². The summed E-state index contributed by atoms with van der Waals surface area (Å²) < 4.78 is 0. The molecule has 0 aliphatic rings. The Morgan fingerprint density at radius 1 is 1.17 bits per heavy atom. The second-order valence-corrected chi connectivity index (χ2v) is 0.779. The number of nitrogens with two attached hydrogens (primary N) is 2. The molecule has 0 saturated carbocycles. The molecule has 0 amide bonds. The number of aliphatic hydroxyl groups is 2. The average molecular weight is 90.1 g/mol. The third kappa shape index (κ3) is 1.28. The summed E-state index contributed by atoms with van der Waals surface area (Å²) >= 11 is 0. The van der Waals surface area contributed by atoms with Gasteiger partial charge in [0.05, 0.1) is 0 Å². The van der Waals surface area contributed by atoms with Crippen molar-refractivity contribution in [2.24, 2.45) is 11.5 Å². The van der Waals surface area contributed by atoms with Gasteiger partial charge in [-0.3, -0.25) is 0 Å². The van der Waals surface area contributed by atoms with E-state index in [9.17, 15) is 0 Å². The maximum absolute atomic E-state index is 7.81. The number of hydrogen-bond donors (Lipinski definition) is 4. The molecule has 0 atom stereocenters. The van der Waals surface area contributed by atoms with Gasteiger partial charge in [0.15, 0.2) is 5.82 Å². The van der Waals surface area contributed by atoms with E-state index in [-0.39, 0.29) is 0 Å². The van der Waals surface area contributed by atoms with Crippen molar-refractivity contribution < 1.29 is 10.2 Å². The first-order valence-corrected chi connectivity index (χ1v) is 1.27. The highest BCUT2D eigenvalue weighted by Gasteiger charge is 1.84. The standard InChI is InChI=1S/C2H6N2O2/c3-1(4)2(5)6/h5-6H,3-4H2. The second-order valence-electron chi connectivity index (χ2n) is 0.779. The van der Waals surface area contributed by atoms with E-state index in [0.29, 0.717) is 0 Å². The van der Waals surface area contributed by atoms with Crippen LogP contribution in [0.4, 0.5) is 0 Å². The quantitative estimate of drug-likeness (QED) is 0.291. The van der Waals surface area contributed by atoms with Gasteiger partial charge in [-0.2, -0.15) is 0 Å². The van der Waals surface area contributed by atoms with Gasteiger partial charge in [0.1, 0.15) is 0 Å². The highest BCUT2D eigenvalue weighted by molar-refractivity contribution is 4.87. The third-order valence-electron chi connectivity index (χ3n) is 0.258. The van der Waals surface area contributed by atoms with Gasteiger partial charge in [-0.1, -0.05) is 0 Å². The van der Waals surface area contributed by atoms with Crippen LogP contribution in [-0.4, -0.2) is 10.2 Å². The van der Waals surface area contributed by atoms with Crippen molar-refractivity contribution in [3.63, 3.8) is 0 Å². The Balaban J connectivity index is 3.68. The summed E-state index contributed by atoms with van der Waals surface area (Å²) in [6.45, 7) is 0. The predicted molar refractivity (Wildman–Crippen MR) is 20.7 cm³/mol. The zero-order chi connectivity index (χ0) is 5.15. The van der Waals surface area contributed by atoms with Gasteiger partial charge in [-0.25, -0.2) is 0 Å². The van der Waals surface area contributed by atoms with Gasteiger partial charge in [0, 0.05) is 0 Å². The summed E-state index contributed by atoms with van der Waals surface area (Å²) in [6, 6.07) is 0. The zero-order valence-electron chi connectivity index (χ0n) is 3.05. The Morgan fingerprint density at radius 2 is 1.33 bits per heavy atom. The van der Waals surface area contributed by atoms with Crippen LogP contribution >= 0.6 is 0 Å². The molecule has 0 aromatic heterocycles. The number of aliphatic hydroxyl groups excluding tert-OH is 1. The summed E-state index contributed by atoms with van der Waals surface area (Å²) in [7, 11) is 0. The molecular weight excluding hydrogens is 84.0 g/mol.